The number of hydrogen-bond donors (Lipinski definition) is 2. The summed E-state index contributed by atoms with van der Waals surface area (Å²) in [5, 5.41) is 29.1. The Bertz CT molecular complexity index is 1280. The number of carbonyl (C=O) groups is 1. The third-order valence-electron chi connectivity index (χ3n) is 4.67. The van der Waals surface area contributed by atoms with Crippen molar-refractivity contribution in [2.75, 3.05) is 19.0 Å². The number of methoxy groups -OCH3 is 1. The van der Waals surface area contributed by atoms with Crippen molar-refractivity contribution in [3.8, 4) is 17.2 Å². The molecule has 3 aromatic rings. The zero-order valence-electron chi connectivity index (χ0n) is 18.8. The highest BCUT2D eigenvalue weighted by Crippen LogP contribution is 2.38. The minimum atomic E-state index is -0.772. The number of anilines is 1. The Labute approximate surface area is 199 Å². The Morgan fingerprint density at radius 3 is 2.34 bits per heavy atom. The largest absolute Gasteiger partial charge is 0.493 e. The lowest BCUT2D eigenvalue weighted by Crippen LogP contribution is -2.25. The van der Waals surface area contributed by atoms with Crippen molar-refractivity contribution >= 4 is 29.2 Å². The molecule has 0 bridgehead atoms. The van der Waals surface area contributed by atoms with Crippen molar-refractivity contribution in [2.24, 2.45) is 5.10 Å². The van der Waals surface area contributed by atoms with Gasteiger partial charge in [-0.05, 0) is 48.9 Å². The summed E-state index contributed by atoms with van der Waals surface area (Å²) in [6, 6.07) is 15.3. The first-order chi connectivity index (χ1) is 16.8. The summed E-state index contributed by atoms with van der Waals surface area (Å²) in [6.45, 7) is 2.00. The van der Waals surface area contributed by atoms with Gasteiger partial charge in [-0.15, -0.1) is 0 Å². The van der Waals surface area contributed by atoms with E-state index >= 15 is 0 Å². The number of nitrogens with zero attached hydrogens (tertiary/aromatic N) is 3. The summed E-state index contributed by atoms with van der Waals surface area (Å²) in [5.41, 5.74) is 3.89. The summed E-state index contributed by atoms with van der Waals surface area (Å²) < 4.78 is 10.9. The topological polar surface area (TPSA) is 158 Å². The second kappa shape index (κ2) is 11.2. The molecule has 0 fully saturated rings. The maximum absolute atomic E-state index is 12.0. The highest BCUT2D eigenvalue weighted by Gasteiger charge is 2.22. The number of benzene rings is 3. The van der Waals surface area contributed by atoms with Gasteiger partial charge in [-0.3, -0.25) is 25.0 Å². The van der Waals surface area contributed by atoms with Crippen molar-refractivity contribution < 1.29 is 24.1 Å². The van der Waals surface area contributed by atoms with E-state index in [4.69, 9.17) is 9.47 Å². The van der Waals surface area contributed by atoms with Crippen molar-refractivity contribution in [1.29, 1.82) is 0 Å². The first-order valence-electron chi connectivity index (χ1n) is 10.2. The van der Waals surface area contributed by atoms with Crippen LogP contribution in [0.1, 0.15) is 11.1 Å². The lowest BCUT2D eigenvalue weighted by atomic mass is 10.2. The molecule has 180 valence electrons. The Kier molecular flexibility index (Phi) is 7.90. The van der Waals surface area contributed by atoms with Crippen molar-refractivity contribution in [2.45, 2.75) is 6.92 Å². The van der Waals surface area contributed by atoms with Crippen LogP contribution in [0.25, 0.3) is 0 Å². The molecule has 0 aliphatic carbocycles. The predicted molar refractivity (Wildman–Crippen MR) is 128 cm³/mol. The number of non-ortho nitro benzene ring substituents is 1. The van der Waals surface area contributed by atoms with Crippen LogP contribution in [0.3, 0.4) is 0 Å². The summed E-state index contributed by atoms with van der Waals surface area (Å²) in [4.78, 5) is 32.7. The van der Waals surface area contributed by atoms with Gasteiger partial charge < -0.3 is 14.8 Å². The fourth-order valence-corrected chi connectivity index (χ4v) is 2.89. The maximum Gasteiger partial charge on any atom is 0.318 e. The van der Waals surface area contributed by atoms with Crippen LogP contribution in [0, 0.1) is 27.2 Å². The van der Waals surface area contributed by atoms with Crippen molar-refractivity contribution in [3.05, 3.63) is 92.0 Å². The Morgan fingerprint density at radius 2 is 1.69 bits per heavy atom. The third-order valence-corrected chi connectivity index (χ3v) is 4.67. The molecule has 0 saturated carbocycles. The zero-order valence-corrected chi connectivity index (χ0v) is 18.8. The summed E-state index contributed by atoms with van der Waals surface area (Å²) >= 11 is 0. The van der Waals surface area contributed by atoms with Gasteiger partial charge in [-0.2, -0.15) is 5.10 Å². The fourth-order valence-electron chi connectivity index (χ4n) is 2.89. The van der Waals surface area contributed by atoms with Gasteiger partial charge in [0.15, 0.2) is 11.5 Å². The second-order valence-electron chi connectivity index (χ2n) is 7.19. The van der Waals surface area contributed by atoms with E-state index in [1.807, 2.05) is 31.2 Å². The summed E-state index contributed by atoms with van der Waals surface area (Å²) in [7, 11) is 1.38. The monoisotopic (exact) mass is 479 g/mol. The van der Waals surface area contributed by atoms with E-state index in [0.29, 0.717) is 5.56 Å². The number of aryl methyl sites for hydroxylation is 1. The second-order valence-corrected chi connectivity index (χ2v) is 7.19. The van der Waals surface area contributed by atoms with Crippen molar-refractivity contribution in [1.82, 2.24) is 5.43 Å². The molecule has 12 nitrogen and oxygen atoms in total. The molecule has 0 aliphatic heterocycles. The van der Waals surface area contributed by atoms with Crippen LogP contribution in [-0.4, -0.2) is 35.6 Å². The van der Waals surface area contributed by atoms with Crippen LogP contribution in [0.2, 0.25) is 0 Å². The van der Waals surface area contributed by atoms with Crippen LogP contribution < -0.4 is 20.2 Å². The Hall–Kier alpha value is -5.00. The summed E-state index contributed by atoms with van der Waals surface area (Å²) in [5.74, 6) is -0.158. The molecule has 12 heteroatoms. The molecule has 2 N–H and O–H groups in total. The van der Waals surface area contributed by atoms with Crippen LogP contribution in [0.5, 0.6) is 17.2 Å². The van der Waals surface area contributed by atoms with Gasteiger partial charge >= 0.3 is 5.69 Å². The van der Waals surface area contributed by atoms with Gasteiger partial charge in [0.05, 0.1) is 35.8 Å². The van der Waals surface area contributed by atoms with E-state index in [1.165, 1.54) is 19.4 Å². The number of amides is 1. The van der Waals surface area contributed by atoms with E-state index in [0.717, 1.165) is 29.4 Å². The Balaban J connectivity index is 1.65. The number of nitro benzene ring substituents is 2. The molecule has 0 heterocycles. The minimum Gasteiger partial charge on any atom is -0.493 e. The van der Waals surface area contributed by atoms with Crippen LogP contribution in [0.15, 0.2) is 65.8 Å². The van der Waals surface area contributed by atoms with Gasteiger partial charge in [0, 0.05) is 11.8 Å². The smallest absolute Gasteiger partial charge is 0.318 e. The zero-order chi connectivity index (χ0) is 25.4. The summed E-state index contributed by atoms with van der Waals surface area (Å²) in [6.07, 6.45) is 1.39. The first kappa shape index (κ1) is 24.6. The number of nitrogens with one attached hydrogen (secondary N) is 2. The molecule has 0 saturated heterocycles. The maximum atomic E-state index is 12.0. The molecule has 0 atom stereocenters. The van der Waals surface area contributed by atoms with E-state index < -0.39 is 21.2 Å². The molecule has 0 unspecified atom stereocenters. The SMILES string of the molecule is COc1cc(C=NNC(=O)CNc2ccc(C)cc2)ccc1Oc1ccc([N+](=O)[O-])cc1[N+](=O)[O-]. The standard InChI is InChI=1S/C23H21N5O7/c1-15-3-6-17(7-4-15)24-14-23(29)26-25-13-16-5-9-21(22(11-16)34-2)35-20-10-8-18(27(30)31)12-19(20)28(32)33/h3-13,24H,14H2,1-2H3,(H,26,29). The highest BCUT2D eigenvalue weighted by atomic mass is 16.6. The average molecular weight is 479 g/mol. The molecule has 1 amide bonds. The number of hydrogen-bond acceptors (Lipinski definition) is 9. The van der Waals surface area contributed by atoms with E-state index in [1.54, 1.807) is 12.1 Å². The third kappa shape index (κ3) is 6.74. The van der Waals surface area contributed by atoms with E-state index in [-0.39, 0.29) is 29.7 Å². The van der Waals surface area contributed by atoms with E-state index in [2.05, 4.69) is 15.8 Å². The number of carbonyl (C=O) groups excluding carboxylic acids is 1. The first-order valence-corrected chi connectivity index (χ1v) is 10.2. The van der Waals surface area contributed by atoms with E-state index in [9.17, 15) is 25.0 Å². The number of nitro groups is 2. The number of ether oxygens (including phenoxy) is 2. The van der Waals surface area contributed by atoms with Gasteiger partial charge in [-0.25, -0.2) is 5.43 Å². The quantitative estimate of drug-likeness (QED) is 0.249. The predicted octanol–water partition coefficient (Wildman–Crippen LogP) is 4.17. The fraction of sp³-hybridized carbons (Fsp3) is 0.130. The molecule has 35 heavy (non-hydrogen) atoms. The lowest BCUT2D eigenvalue weighted by molar-refractivity contribution is -0.394. The van der Waals surface area contributed by atoms with Crippen molar-refractivity contribution in [3.63, 3.8) is 0 Å². The lowest BCUT2D eigenvalue weighted by Gasteiger charge is -2.11. The van der Waals surface area contributed by atoms with Crippen LogP contribution in [0.4, 0.5) is 17.1 Å². The number of hydrazone groups is 1. The van der Waals surface area contributed by atoms with Gasteiger partial charge in [0.2, 0.25) is 5.75 Å². The molecule has 3 aromatic carbocycles. The molecule has 0 spiro atoms. The molecule has 0 aromatic heterocycles. The normalized spacial score (nSPS) is 10.6. The minimum absolute atomic E-state index is 0.0323. The van der Waals surface area contributed by atoms with Crippen LogP contribution in [-0.2, 0) is 4.79 Å². The Morgan fingerprint density at radius 1 is 0.971 bits per heavy atom. The molecule has 3 rings (SSSR count). The van der Waals surface area contributed by atoms with Crippen LogP contribution >= 0.6 is 0 Å². The van der Waals surface area contributed by atoms with Gasteiger partial charge in [-0.1, -0.05) is 17.7 Å². The van der Waals surface area contributed by atoms with Gasteiger partial charge in [0.1, 0.15) is 0 Å². The average Bonchev–Trinajstić information content (AvgIpc) is 2.84. The molecular weight excluding hydrogens is 458 g/mol. The number of rotatable bonds is 10. The molecule has 0 radical (unpaired) electrons. The highest BCUT2D eigenvalue weighted by molar-refractivity contribution is 5.85. The van der Waals surface area contributed by atoms with Gasteiger partial charge in [0.25, 0.3) is 11.6 Å². The molecule has 0 aliphatic rings. The molecular formula is C23H21N5O7.